The number of carbonyl (C=O) groups excluding carboxylic acids is 1. The van der Waals surface area contributed by atoms with Gasteiger partial charge in [0.1, 0.15) is 6.33 Å². The van der Waals surface area contributed by atoms with Gasteiger partial charge in [-0.2, -0.15) is 4.31 Å². The molecule has 2 heterocycles. The second-order valence-corrected chi connectivity index (χ2v) is 9.28. The van der Waals surface area contributed by atoms with Gasteiger partial charge in [-0.3, -0.25) is 4.79 Å². The fourth-order valence-corrected chi connectivity index (χ4v) is 5.27. The van der Waals surface area contributed by atoms with E-state index < -0.39 is 10.0 Å². The van der Waals surface area contributed by atoms with E-state index in [1.807, 2.05) is 22.8 Å². The normalized spacial score (nSPS) is 15.5. The summed E-state index contributed by atoms with van der Waals surface area (Å²) < 4.78 is 28.5. The van der Waals surface area contributed by atoms with Gasteiger partial charge in [0.25, 0.3) is 0 Å². The lowest BCUT2D eigenvalue weighted by atomic mass is 10.2. The van der Waals surface area contributed by atoms with Gasteiger partial charge in [-0.15, -0.1) is 16.8 Å². The van der Waals surface area contributed by atoms with E-state index >= 15 is 0 Å². The number of thioether (sulfide) groups is 1. The molecule has 3 rings (SSSR count). The quantitative estimate of drug-likeness (QED) is 0.471. The molecule has 1 amide bonds. The number of aromatic nitrogens is 3. The first-order valence-electron chi connectivity index (χ1n) is 8.90. The zero-order valence-electron chi connectivity index (χ0n) is 15.5. The summed E-state index contributed by atoms with van der Waals surface area (Å²) in [6.45, 7) is 5.70. The van der Waals surface area contributed by atoms with Crippen LogP contribution in [0.1, 0.15) is 5.56 Å². The zero-order valence-corrected chi connectivity index (χ0v) is 17.1. The number of hydrogen-bond acceptors (Lipinski definition) is 6. The second kappa shape index (κ2) is 9.35. The molecule has 1 saturated heterocycles. The smallest absolute Gasteiger partial charge is 0.233 e. The Kier molecular flexibility index (Phi) is 6.87. The highest BCUT2D eigenvalue weighted by Gasteiger charge is 2.29. The maximum Gasteiger partial charge on any atom is 0.233 e. The summed E-state index contributed by atoms with van der Waals surface area (Å²) in [4.78, 5) is 14.2. The SMILES string of the molecule is C=CCn1cnnc1SCC(=O)N1CCN(S(=O)(=O)Cc2ccccc2)CC1. The first-order chi connectivity index (χ1) is 13.5. The van der Waals surface area contributed by atoms with Crippen molar-refractivity contribution in [1.29, 1.82) is 0 Å². The van der Waals surface area contributed by atoms with E-state index in [9.17, 15) is 13.2 Å². The van der Waals surface area contributed by atoms with Gasteiger partial charge in [0.2, 0.25) is 15.9 Å². The van der Waals surface area contributed by atoms with Crippen LogP contribution in [0, 0.1) is 0 Å². The third kappa shape index (κ3) is 5.21. The third-order valence-electron chi connectivity index (χ3n) is 4.41. The van der Waals surface area contributed by atoms with Crippen molar-refractivity contribution < 1.29 is 13.2 Å². The molecule has 1 aromatic carbocycles. The number of nitrogens with zero attached hydrogens (tertiary/aromatic N) is 5. The Bertz CT molecular complexity index is 906. The Morgan fingerprint density at radius 2 is 1.89 bits per heavy atom. The summed E-state index contributed by atoms with van der Waals surface area (Å²) in [6, 6.07) is 9.13. The summed E-state index contributed by atoms with van der Waals surface area (Å²) in [7, 11) is -3.39. The standard InChI is InChI=1S/C18H23N5O3S2/c1-2-8-22-15-19-20-18(22)27-13-17(24)21-9-11-23(12-10-21)28(25,26)14-16-6-4-3-5-7-16/h2-7,15H,1,8-14H2. The molecule has 28 heavy (non-hydrogen) atoms. The molecule has 1 fully saturated rings. The lowest BCUT2D eigenvalue weighted by Crippen LogP contribution is -2.51. The lowest BCUT2D eigenvalue weighted by Gasteiger charge is -2.34. The van der Waals surface area contributed by atoms with Crippen LogP contribution in [0.4, 0.5) is 0 Å². The van der Waals surface area contributed by atoms with Crippen LogP contribution in [0.5, 0.6) is 0 Å². The van der Waals surface area contributed by atoms with Crippen LogP contribution < -0.4 is 0 Å². The van der Waals surface area contributed by atoms with Crippen molar-refractivity contribution in [3.05, 3.63) is 54.9 Å². The number of rotatable bonds is 8. The summed E-state index contributed by atoms with van der Waals surface area (Å²) >= 11 is 1.32. The van der Waals surface area contributed by atoms with Gasteiger partial charge in [-0.05, 0) is 5.56 Å². The van der Waals surface area contributed by atoms with Crippen molar-refractivity contribution in [2.24, 2.45) is 0 Å². The van der Waals surface area contributed by atoms with E-state index in [2.05, 4.69) is 16.8 Å². The van der Waals surface area contributed by atoms with Crippen molar-refractivity contribution >= 4 is 27.7 Å². The molecule has 0 aliphatic carbocycles. The number of amides is 1. The molecule has 0 unspecified atom stereocenters. The van der Waals surface area contributed by atoms with Crippen molar-refractivity contribution in [2.75, 3.05) is 31.9 Å². The second-order valence-electron chi connectivity index (χ2n) is 6.36. The van der Waals surface area contributed by atoms with Crippen LogP contribution in [0.25, 0.3) is 0 Å². The molecular formula is C18H23N5O3S2. The zero-order chi connectivity index (χ0) is 20.0. The molecule has 1 aromatic heterocycles. The first kappa shape index (κ1) is 20.6. The topological polar surface area (TPSA) is 88.4 Å². The number of benzene rings is 1. The lowest BCUT2D eigenvalue weighted by molar-refractivity contribution is -0.129. The fourth-order valence-electron chi connectivity index (χ4n) is 2.93. The van der Waals surface area contributed by atoms with Gasteiger partial charge in [-0.1, -0.05) is 48.2 Å². The van der Waals surface area contributed by atoms with Crippen LogP contribution in [0.2, 0.25) is 0 Å². The average Bonchev–Trinajstić information content (AvgIpc) is 3.14. The van der Waals surface area contributed by atoms with Crippen LogP contribution >= 0.6 is 11.8 Å². The number of carbonyl (C=O) groups is 1. The highest BCUT2D eigenvalue weighted by Crippen LogP contribution is 2.17. The summed E-state index contributed by atoms with van der Waals surface area (Å²) in [5.74, 6) is 0.196. The molecule has 0 N–H and O–H groups in total. The Hall–Kier alpha value is -2.17. The van der Waals surface area contributed by atoms with Crippen molar-refractivity contribution in [2.45, 2.75) is 17.5 Å². The molecule has 2 aromatic rings. The van der Waals surface area contributed by atoms with Gasteiger partial charge in [0.15, 0.2) is 5.16 Å². The number of allylic oxidation sites excluding steroid dienone is 1. The molecule has 0 spiro atoms. The largest absolute Gasteiger partial charge is 0.339 e. The van der Waals surface area contributed by atoms with E-state index in [1.54, 1.807) is 29.4 Å². The van der Waals surface area contributed by atoms with Gasteiger partial charge in [0, 0.05) is 32.7 Å². The Labute approximate surface area is 169 Å². The predicted molar refractivity (Wildman–Crippen MR) is 108 cm³/mol. The van der Waals surface area contributed by atoms with Crippen LogP contribution in [0.3, 0.4) is 0 Å². The summed E-state index contributed by atoms with van der Waals surface area (Å²) in [5.41, 5.74) is 0.765. The van der Waals surface area contributed by atoms with E-state index in [0.29, 0.717) is 37.9 Å². The van der Waals surface area contributed by atoms with Crippen molar-refractivity contribution in [3.8, 4) is 0 Å². The molecule has 0 radical (unpaired) electrons. The van der Waals surface area contributed by atoms with Gasteiger partial charge in [0.05, 0.1) is 11.5 Å². The number of sulfonamides is 1. The highest BCUT2D eigenvalue weighted by atomic mass is 32.2. The molecule has 0 saturated carbocycles. The Balaban J connectivity index is 1.49. The van der Waals surface area contributed by atoms with Gasteiger partial charge >= 0.3 is 0 Å². The maximum atomic E-state index is 12.6. The van der Waals surface area contributed by atoms with E-state index in [4.69, 9.17) is 0 Å². The third-order valence-corrected chi connectivity index (χ3v) is 7.22. The van der Waals surface area contributed by atoms with Crippen LogP contribution in [0.15, 0.2) is 54.5 Å². The van der Waals surface area contributed by atoms with Crippen molar-refractivity contribution in [1.82, 2.24) is 24.0 Å². The minimum Gasteiger partial charge on any atom is -0.339 e. The Morgan fingerprint density at radius 3 is 2.57 bits per heavy atom. The fraction of sp³-hybridized carbons (Fsp3) is 0.389. The number of hydrogen-bond donors (Lipinski definition) is 0. The molecule has 10 heteroatoms. The summed E-state index contributed by atoms with van der Waals surface area (Å²) in [5, 5.41) is 8.52. The predicted octanol–water partition coefficient (Wildman–Crippen LogP) is 1.23. The van der Waals surface area contributed by atoms with E-state index in [0.717, 1.165) is 5.56 Å². The van der Waals surface area contributed by atoms with Gasteiger partial charge < -0.3 is 9.47 Å². The molecule has 1 aliphatic heterocycles. The first-order valence-corrected chi connectivity index (χ1v) is 11.5. The Morgan fingerprint density at radius 1 is 1.18 bits per heavy atom. The van der Waals surface area contributed by atoms with E-state index in [-0.39, 0.29) is 17.4 Å². The van der Waals surface area contributed by atoms with Crippen LogP contribution in [-0.2, 0) is 27.1 Å². The number of piperazine rings is 1. The summed E-state index contributed by atoms with van der Waals surface area (Å²) in [6.07, 6.45) is 3.34. The van der Waals surface area contributed by atoms with Gasteiger partial charge in [-0.25, -0.2) is 8.42 Å². The highest BCUT2D eigenvalue weighted by molar-refractivity contribution is 7.99. The molecular weight excluding hydrogens is 398 g/mol. The molecule has 0 bridgehead atoms. The minimum absolute atomic E-state index is 0.0173. The molecule has 1 aliphatic rings. The molecule has 0 atom stereocenters. The monoisotopic (exact) mass is 421 g/mol. The average molecular weight is 422 g/mol. The minimum atomic E-state index is -3.39. The molecule has 150 valence electrons. The van der Waals surface area contributed by atoms with E-state index in [1.165, 1.54) is 16.1 Å². The van der Waals surface area contributed by atoms with Crippen LogP contribution in [-0.4, -0.2) is 70.2 Å². The molecule has 8 nitrogen and oxygen atoms in total. The van der Waals surface area contributed by atoms with Crippen molar-refractivity contribution in [3.63, 3.8) is 0 Å². The maximum absolute atomic E-state index is 12.6.